The molecule has 0 aliphatic heterocycles. The van der Waals surface area contributed by atoms with Crippen LogP contribution in [0.25, 0.3) is 0 Å². The normalized spacial score (nSPS) is 13.0. The summed E-state index contributed by atoms with van der Waals surface area (Å²) in [7, 11) is 0. The van der Waals surface area contributed by atoms with E-state index in [1.807, 2.05) is 58.0 Å². The number of nitrogens with zero attached hydrogens (tertiary/aromatic N) is 2. The zero-order valence-electron chi connectivity index (χ0n) is 18.2. The van der Waals surface area contributed by atoms with E-state index in [9.17, 15) is 9.59 Å². The molecule has 0 fully saturated rings. The molecule has 0 saturated heterocycles. The van der Waals surface area contributed by atoms with Gasteiger partial charge in [-0.05, 0) is 17.9 Å². The van der Waals surface area contributed by atoms with E-state index in [0.29, 0.717) is 31.1 Å². The fraction of sp³-hybridized carbons (Fsp3) is 0.545. The van der Waals surface area contributed by atoms with E-state index in [4.69, 9.17) is 9.26 Å². The van der Waals surface area contributed by atoms with E-state index in [1.54, 1.807) is 0 Å². The number of aromatic nitrogens is 2. The molecule has 2 amide bonds. The molecule has 30 heavy (non-hydrogen) atoms. The van der Waals surface area contributed by atoms with Gasteiger partial charge in [0.25, 0.3) is 0 Å². The van der Waals surface area contributed by atoms with Gasteiger partial charge in [-0.15, -0.1) is 0 Å². The topological polar surface area (TPSA) is 106 Å². The van der Waals surface area contributed by atoms with Crippen LogP contribution in [0, 0.1) is 5.92 Å². The molecular formula is C22H32N4O4. The van der Waals surface area contributed by atoms with Crippen molar-refractivity contribution >= 4 is 12.0 Å². The molecule has 0 aliphatic rings. The third-order valence-electron chi connectivity index (χ3n) is 4.85. The van der Waals surface area contributed by atoms with Crippen LogP contribution < -0.4 is 10.6 Å². The molecule has 1 aromatic heterocycles. The second-order valence-corrected chi connectivity index (χ2v) is 7.66. The van der Waals surface area contributed by atoms with Gasteiger partial charge in [-0.2, -0.15) is 4.98 Å². The number of carbonyl (C=O) groups excluding carboxylic acids is 2. The Bertz CT molecular complexity index is 791. The van der Waals surface area contributed by atoms with Gasteiger partial charge in [-0.3, -0.25) is 4.79 Å². The van der Waals surface area contributed by atoms with E-state index in [1.165, 1.54) is 0 Å². The fourth-order valence-electron chi connectivity index (χ4n) is 2.76. The van der Waals surface area contributed by atoms with Crippen molar-refractivity contribution in [3.05, 3.63) is 47.6 Å². The van der Waals surface area contributed by atoms with Crippen molar-refractivity contribution in [2.75, 3.05) is 6.54 Å². The van der Waals surface area contributed by atoms with Crippen LogP contribution >= 0.6 is 0 Å². The van der Waals surface area contributed by atoms with E-state index in [0.717, 1.165) is 12.0 Å². The smallest absolute Gasteiger partial charge is 0.408 e. The molecule has 0 saturated carbocycles. The minimum absolute atomic E-state index is 0.0289. The quantitative estimate of drug-likeness (QED) is 0.542. The number of aryl methyl sites for hydroxylation is 1. The number of nitrogens with one attached hydrogen (secondary N) is 2. The first-order valence-corrected chi connectivity index (χ1v) is 10.5. The van der Waals surface area contributed by atoms with E-state index in [-0.39, 0.29) is 24.3 Å². The molecule has 2 aromatic rings. The first-order valence-electron chi connectivity index (χ1n) is 10.5. The summed E-state index contributed by atoms with van der Waals surface area (Å²) in [5.41, 5.74) is 0.888. The van der Waals surface area contributed by atoms with Crippen LogP contribution in [0.1, 0.15) is 63.7 Å². The van der Waals surface area contributed by atoms with Crippen molar-refractivity contribution in [3.8, 4) is 0 Å². The van der Waals surface area contributed by atoms with Gasteiger partial charge in [-0.1, -0.05) is 69.6 Å². The summed E-state index contributed by atoms with van der Waals surface area (Å²) in [6.07, 6.45) is 1.39. The lowest BCUT2D eigenvalue weighted by Crippen LogP contribution is -2.50. The van der Waals surface area contributed by atoms with Crippen molar-refractivity contribution < 1.29 is 18.8 Å². The van der Waals surface area contributed by atoms with Crippen LogP contribution in [0.5, 0.6) is 0 Å². The molecule has 164 valence electrons. The maximum atomic E-state index is 12.6. The molecule has 0 radical (unpaired) electrons. The Hall–Kier alpha value is -2.90. The molecule has 2 N–H and O–H groups in total. The van der Waals surface area contributed by atoms with Gasteiger partial charge in [0.15, 0.2) is 5.82 Å². The Labute approximate surface area is 177 Å². The Morgan fingerprint density at radius 2 is 1.90 bits per heavy atom. The molecule has 8 nitrogen and oxygen atoms in total. The summed E-state index contributed by atoms with van der Waals surface area (Å²) in [6, 6.07) is 8.75. The van der Waals surface area contributed by atoms with Crippen LogP contribution in [0.2, 0.25) is 0 Å². The lowest BCUT2D eigenvalue weighted by Gasteiger charge is -2.23. The monoisotopic (exact) mass is 416 g/mol. The molecule has 0 aliphatic carbocycles. The zero-order valence-corrected chi connectivity index (χ0v) is 18.2. The fourth-order valence-corrected chi connectivity index (χ4v) is 2.76. The van der Waals surface area contributed by atoms with Crippen LogP contribution in [0.4, 0.5) is 4.79 Å². The van der Waals surface area contributed by atoms with Crippen LogP contribution in [-0.2, 0) is 22.6 Å². The summed E-state index contributed by atoms with van der Waals surface area (Å²) in [5.74, 6) is 1.21. The van der Waals surface area contributed by atoms with Gasteiger partial charge in [0.1, 0.15) is 12.6 Å². The predicted octanol–water partition coefficient (Wildman–Crippen LogP) is 3.58. The van der Waals surface area contributed by atoms with Gasteiger partial charge >= 0.3 is 6.09 Å². The summed E-state index contributed by atoms with van der Waals surface area (Å²) in [4.78, 5) is 29.1. The number of rotatable bonds is 11. The second-order valence-electron chi connectivity index (χ2n) is 7.66. The summed E-state index contributed by atoms with van der Waals surface area (Å²) in [5, 5.41) is 9.51. The molecule has 0 unspecified atom stereocenters. The number of benzene rings is 1. The number of ether oxygens (including phenoxy) is 1. The summed E-state index contributed by atoms with van der Waals surface area (Å²) in [6.45, 7) is 8.51. The van der Waals surface area contributed by atoms with E-state index >= 15 is 0 Å². The van der Waals surface area contributed by atoms with Gasteiger partial charge in [0.2, 0.25) is 11.8 Å². The first kappa shape index (κ1) is 23.4. The van der Waals surface area contributed by atoms with E-state index in [2.05, 4.69) is 20.8 Å². The average molecular weight is 417 g/mol. The third-order valence-corrected chi connectivity index (χ3v) is 4.85. The Balaban J connectivity index is 1.78. The third kappa shape index (κ3) is 7.50. The number of hydrogen-bond donors (Lipinski definition) is 2. The highest BCUT2D eigenvalue weighted by atomic mass is 16.5. The predicted molar refractivity (Wildman–Crippen MR) is 113 cm³/mol. The minimum Gasteiger partial charge on any atom is -0.445 e. The van der Waals surface area contributed by atoms with Gasteiger partial charge in [0.05, 0.1) is 0 Å². The maximum Gasteiger partial charge on any atom is 0.408 e. The van der Waals surface area contributed by atoms with Crippen LogP contribution in [0.15, 0.2) is 34.9 Å². The summed E-state index contributed by atoms with van der Waals surface area (Å²) >= 11 is 0. The maximum absolute atomic E-state index is 12.6. The lowest BCUT2D eigenvalue weighted by atomic mass is 9.98. The highest BCUT2D eigenvalue weighted by Crippen LogP contribution is 2.11. The van der Waals surface area contributed by atoms with Crippen molar-refractivity contribution in [1.29, 1.82) is 0 Å². The number of hydrogen-bond acceptors (Lipinski definition) is 6. The van der Waals surface area contributed by atoms with Crippen molar-refractivity contribution in [3.63, 3.8) is 0 Å². The van der Waals surface area contributed by atoms with Gasteiger partial charge in [0, 0.05) is 18.9 Å². The van der Waals surface area contributed by atoms with Crippen LogP contribution in [-0.4, -0.2) is 34.7 Å². The highest BCUT2D eigenvalue weighted by molar-refractivity contribution is 5.85. The molecule has 2 rings (SSSR count). The second kappa shape index (κ2) is 11.9. The number of alkyl carbamates (subject to hydrolysis) is 1. The minimum atomic E-state index is -0.658. The standard InChI is InChI=1S/C22H32N4O4/c1-5-16(4)19(25-22(28)29-14-17-10-7-6-8-11-17)21(27)23-13-9-12-18-24-20(15(2)3)26-30-18/h6-8,10-11,15-16,19H,5,9,12-14H2,1-4H3,(H,23,27)(H,25,28)/t16-,19-/m0/s1. The van der Waals surface area contributed by atoms with Gasteiger partial charge < -0.3 is 19.9 Å². The Morgan fingerprint density at radius 1 is 1.17 bits per heavy atom. The molecular weight excluding hydrogens is 384 g/mol. The van der Waals surface area contributed by atoms with Crippen LogP contribution in [0.3, 0.4) is 0 Å². The largest absolute Gasteiger partial charge is 0.445 e. The molecule has 0 spiro atoms. The molecule has 2 atom stereocenters. The molecule has 8 heteroatoms. The van der Waals surface area contributed by atoms with Crippen molar-refractivity contribution in [2.45, 2.75) is 65.5 Å². The average Bonchev–Trinajstić information content (AvgIpc) is 3.23. The Kier molecular flexibility index (Phi) is 9.31. The summed E-state index contributed by atoms with van der Waals surface area (Å²) < 4.78 is 10.5. The SMILES string of the molecule is CC[C@H](C)[C@H](NC(=O)OCc1ccccc1)C(=O)NCCCc1nc(C(C)C)no1. The molecule has 0 bridgehead atoms. The highest BCUT2D eigenvalue weighted by Gasteiger charge is 2.26. The van der Waals surface area contributed by atoms with Crippen molar-refractivity contribution in [1.82, 2.24) is 20.8 Å². The zero-order chi connectivity index (χ0) is 21.9. The lowest BCUT2D eigenvalue weighted by molar-refractivity contribution is -0.124. The number of amides is 2. The first-order chi connectivity index (χ1) is 14.4. The van der Waals surface area contributed by atoms with Gasteiger partial charge in [-0.25, -0.2) is 4.79 Å². The molecule has 1 aromatic carbocycles. The number of carbonyl (C=O) groups is 2. The molecule has 1 heterocycles. The van der Waals surface area contributed by atoms with Crippen molar-refractivity contribution in [2.24, 2.45) is 5.92 Å². The Morgan fingerprint density at radius 3 is 2.53 bits per heavy atom. The van der Waals surface area contributed by atoms with E-state index < -0.39 is 12.1 Å².